The molecule has 1 aromatic heterocycles. The molecule has 5 heteroatoms. The Kier molecular flexibility index (Phi) is 5.43. The maximum absolute atomic E-state index is 6.19. The van der Waals surface area contributed by atoms with E-state index in [0.29, 0.717) is 12.6 Å². The molecule has 5 nitrogen and oxygen atoms in total. The molecule has 3 heterocycles. The number of hydrogen-bond donors (Lipinski definition) is 0. The lowest BCUT2D eigenvalue weighted by Gasteiger charge is -2.41. The van der Waals surface area contributed by atoms with Crippen LogP contribution < -0.4 is 0 Å². The fourth-order valence-electron chi connectivity index (χ4n) is 4.34. The molecule has 0 amide bonds. The normalized spacial score (nSPS) is 31.9. The van der Waals surface area contributed by atoms with E-state index in [0.717, 1.165) is 44.3 Å². The minimum atomic E-state index is 0.215. The number of fused-ring (bicyclic) bond motifs is 1. The van der Waals surface area contributed by atoms with Gasteiger partial charge in [0.05, 0.1) is 25.4 Å². The number of rotatable bonds is 5. The number of hydrogen-bond acceptors (Lipinski definition) is 5. The highest BCUT2D eigenvalue weighted by molar-refractivity contribution is 5.07. The lowest BCUT2D eigenvalue weighted by Crippen LogP contribution is -2.53. The second-order valence-electron chi connectivity index (χ2n) is 7.24. The van der Waals surface area contributed by atoms with Crippen molar-refractivity contribution in [1.82, 2.24) is 9.88 Å². The number of aromatic nitrogens is 1. The first-order valence-corrected chi connectivity index (χ1v) is 9.34. The van der Waals surface area contributed by atoms with Crippen LogP contribution in [-0.2, 0) is 20.8 Å². The van der Waals surface area contributed by atoms with Crippen LogP contribution in [0.5, 0.6) is 0 Å². The molecular weight excluding hydrogens is 304 g/mol. The average Bonchev–Trinajstić information content (AvgIpc) is 3.06. The van der Waals surface area contributed by atoms with Gasteiger partial charge in [0.1, 0.15) is 0 Å². The summed E-state index contributed by atoms with van der Waals surface area (Å²) in [6, 6.07) is 4.56. The van der Waals surface area contributed by atoms with Crippen LogP contribution in [0.25, 0.3) is 0 Å². The lowest BCUT2D eigenvalue weighted by atomic mass is 9.98. The third kappa shape index (κ3) is 3.80. The van der Waals surface area contributed by atoms with Crippen LogP contribution in [-0.4, -0.2) is 61.0 Å². The molecule has 2 saturated heterocycles. The van der Waals surface area contributed by atoms with Crippen molar-refractivity contribution in [2.75, 3.05) is 32.9 Å². The van der Waals surface area contributed by atoms with E-state index in [2.05, 4.69) is 16.0 Å². The Labute approximate surface area is 144 Å². The van der Waals surface area contributed by atoms with E-state index in [4.69, 9.17) is 14.2 Å². The van der Waals surface area contributed by atoms with Crippen molar-refractivity contribution in [3.8, 4) is 0 Å². The molecule has 0 spiro atoms. The molecule has 1 aromatic rings. The summed E-state index contributed by atoms with van der Waals surface area (Å²) in [4.78, 5) is 6.82. The van der Waals surface area contributed by atoms with Gasteiger partial charge in [0.15, 0.2) is 0 Å². The summed E-state index contributed by atoms with van der Waals surface area (Å²) in [5, 5.41) is 0. The molecule has 132 valence electrons. The van der Waals surface area contributed by atoms with Gasteiger partial charge in [-0.05, 0) is 43.2 Å². The van der Waals surface area contributed by atoms with Crippen LogP contribution in [0.3, 0.4) is 0 Å². The van der Waals surface area contributed by atoms with E-state index in [9.17, 15) is 0 Å². The van der Waals surface area contributed by atoms with Crippen LogP contribution in [0.1, 0.15) is 31.2 Å². The molecule has 0 bridgehead atoms. The van der Waals surface area contributed by atoms with Gasteiger partial charge in [0.25, 0.3) is 0 Å². The van der Waals surface area contributed by atoms with Crippen molar-refractivity contribution in [3.63, 3.8) is 0 Å². The van der Waals surface area contributed by atoms with Gasteiger partial charge in [0.2, 0.25) is 0 Å². The molecule has 0 N–H and O–H groups in total. The number of ether oxygens (including phenoxy) is 3. The van der Waals surface area contributed by atoms with Crippen LogP contribution in [0, 0.1) is 5.92 Å². The van der Waals surface area contributed by atoms with E-state index in [1.807, 2.05) is 12.3 Å². The number of pyridine rings is 1. The Bertz CT molecular complexity index is 507. The first-order valence-electron chi connectivity index (χ1n) is 9.34. The first kappa shape index (κ1) is 16.5. The summed E-state index contributed by atoms with van der Waals surface area (Å²) in [7, 11) is 0. The second kappa shape index (κ2) is 7.91. The third-order valence-corrected chi connectivity index (χ3v) is 5.67. The minimum absolute atomic E-state index is 0.215. The summed E-state index contributed by atoms with van der Waals surface area (Å²) in [6.07, 6.45) is 8.82. The molecule has 1 saturated carbocycles. The van der Waals surface area contributed by atoms with Gasteiger partial charge >= 0.3 is 0 Å². The number of morpholine rings is 1. The maximum Gasteiger partial charge on any atom is 0.0992 e. The molecular formula is C19H28N2O3. The highest BCUT2D eigenvalue weighted by Crippen LogP contribution is 2.33. The van der Waals surface area contributed by atoms with Crippen molar-refractivity contribution in [2.24, 2.45) is 5.92 Å². The fourth-order valence-corrected chi connectivity index (χ4v) is 4.34. The molecule has 2 aliphatic heterocycles. The van der Waals surface area contributed by atoms with Gasteiger partial charge in [-0.25, -0.2) is 0 Å². The molecule has 3 aliphatic rings. The predicted octanol–water partition coefficient (Wildman–Crippen LogP) is 2.26. The summed E-state index contributed by atoms with van der Waals surface area (Å²) in [5.41, 5.74) is 1.14. The highest BCUT2D eigenvalue weighted by atomic mass is 16.5. The van der Waals surface area contributed by atoms with Gasteiger partial charge in [-0.15, -0.1) is 0 Å². The van der Waals surface area contributed by atoms with Crippen LogP contribution in [0.15, 0.2) is 24.5 Å². The molecule has 0 unspecified atom stereocenters. The standard InChI is InChI=1S/C19H28N2O3/c1-2-16(12-20-7-1)14-24-18-4-3-17-19(18)23-11-8-21(17)13-15-5-9-22-10-6-15/h1-2,7,12,15,17-19H,3-6,8-11,13-14H2/t17-,18+,19+/m0/s1. The molecule has 1 aliphatic carbocycles. The van der Waals surface area contributed by atoms with Crippen LogP contribution in [0.2, 0.25) is 0 Å². The molecule has 4 rings (SSSR count). The Balaban J connectivity index is 1.32. The van der Waals surface area contributed by atoms with E-state index in [1.54, 1.807) is 6.20 Å². The fraction of sp³-hybridized carbons (Fsp3) is 0.737. The molecule has 24 heavy (non-hydrogen) atoms. The zero-order valence-corrected chi connectivity index (χ0v) is 14.3. The molecule has 3 atom stereocenters. The monoisotopic (exact) mass is 332 g/mol. The van der Waals surface area contributed by atoms with E-state index < -0.39 is 0 Å². The second-order valence-corrected chi connectivity index (χ2v) is 7.24. The number of nitrogens with zero attached hydrogens (tertiary/aromatic N) is 2. The largest absolute Gasteiger partial charge is 0.381 e. The van der Waals surface area contributed by atoms with Crippen LogP contribution in [0.4, 0.5) is 0 Å². The lowest BCUT2D eigenvalue weighted by molar-refractivity contribution is -0.120. The first-order chi connectivity index (χ1) is 11.9. The Morgan fingerprint density at radius 3 is 2.92 bits per heavy atom. The van der Waals surface area contributed by atoms with Gasteiger partial charge in [0, 0.05) is 44.7 Å². The van der Waals surface area contributed by atoms with Crippen LogP contribution >= 0.6 is 0 Å². The average molecular weight is 332 g/mol. The van der Waals surface area contributed by atoms with Gasteiger partial charge in [-0.2, -0.15) is 0 Å². The van der Waals surface area contributed by atoms with Crippen molar-refractivity contribution in [3.05, 3.63) is 30.1 Å². The van der Waals surface area contributed by atoms with Gasteiger partial charge in [-0.3, -0.25) is 9.88 Å². The summed E-state index contributed by atoms with van der Waals surface area (Å²) >= 11 is 0. The van der Waals surface area contributed by atoms with E-state index in [1.165, 1.54) is 25.8 Å². The van der Waals surface area contributed by atoms with Gasteiger partial charge < -0.3 is 14.2 Å². The minimum Gasteiger partial charge on any atom is -0.381 e. The van der Waals surface area contributed by atoms with Crippen molar-refractivity contribution < 1.29 is 14.2 Å². The Morgan fingerprint density at radius 2 is 2.08 bits per heavy atom. The quantitative estimate of drug-likeness (QED) is 0.827. The zero-order valence-electron chi connectivity index (χ0n) is 14.3. The molecule has 3 fully saturated rings. The summed E-state index contributed by atoms with van der Waals surface area (Å²) < 4.78 is 17.8. The van der Waals surface area contributed by atoms with E-state index in [-0.39, 0.29) is 12.2 Å². The van der Waals surface area contributed by atoms with Crippen molar-refractivity contribution in [2.45, 2.75) is 50.5 Å². The SMILES string of the molecule is c1cncc(CO[C@@H]2CC[C@H]3[C@H]2OCCN3CC2CCOCC2)c1. The smallest absolute Gasteiger partial charge is 0.0992 e. The Morgan fingerprint density at radius 1 is 1.17 bits per heavy atom. The maximum atomic E-state index is 6.19. The summed E-state index contributed by atoms with van der Waals surface area (Å²) in [5.74, 6) is 0.785. The third-order valence-electron chi connectivity index (χ3n) is 5.67. The van der Waals surface area contributed by atoms with Gasteiger partial charge in [-0.1, -0.05) is 6.07 Å². The van der Waals surface area contributed by atoms with Crippen molar-refractivity contribution >= 4 is 0 Å². The van der Waals surface area contributed by atoms with E-state index >= 15 is 0 Å². The topological polar surface area (TPSA) is 43.8 Å². The summed E-state index contributed by atoms with van der Waals surface area (Å²) in [6.45, 7) is 5.58. The highest BCUT2D eigenvalue weighted by Gasteiger charge is 2.43. The Hall–Kier alpha value is -1.01. The van der Waals surface area contributed by atoms with Crippen molar-refractivity contribution in [1.29, 1.82) is 0 Å². The predicted molar refractivity (Wildman–Crippen MR) is 90.7 cm³/mol. The molecule has 0 aromatic carbocycles. The zero-order chi connectivity index (χ0) is 16.2. The molecule has 0 radical (unpaired) electrons.